The van der Waals surface area contributed by atoms with Gasteiger partial charge in [-0.15, -0.1) is 0 Å². The van der Waals surface area contributed by atoms with E-state index in [1.54, 1.807) is 30.3 Å². The Morgan fingerprint density at radius 3 is 2.67 bits per heavy atom. The largest absolute Gasteiger partial charge is 0.435 e. The van der Waals surface area contributed by atoms with E-state index in [4.69, 9.17) is 0 Å². The van der Waals surface area contributed by atoms with Gasteiger partial charge in [0.25, 0.3) is 5.91 Å². The molecule has 0 bridgehead atoms. The Morgan fingerprint density at radius 1 is 1.27 bits per heavy atom. The first-order chi connectivity index (χ1) is 14.3. The van der Waals surface area contributed by atoms with Crippen LogP contribution in [0.25, 0.3) is 5.69 Å². The van der Waals surface area contributed by atoms with E-state index < -0.39 is 23.3 Å². The molecule has 0 spiro atoms. The smallest absolute Gasteiger partial charge is 0.352 e. The first-order valence-corrected chi connectivity index (χ1v) is 10.0. The zero-order valence-corrected chi connectivity index (χ0v) is 16.7. The number of carbonyl (C=O) groups is 2. The number of nitrogens with zero attached hydrogens (tertiary/aromatic N) is 2. The summed E-state index contributed by atoms with van der Waals surface area (Å²) in [5, 5.41) is 9.34. The molecule has 0 aliphatic carbocycles. The highest BCUT2D eigenvalue weighted by molar-refractivity contribution is 5.95. The van der Waals surface area contributed by atoms with E-state index in [2.05, 4.69) is 15.7 Å². The second-order valence-electron chi connectivity index (χ2n) is 7.57. The highest BCUT2D eigenvalue weighted by Crippen LogP contribution is 2.31. The Hall–Kier alpha value is -2.68. The van der Waals surface area contributed by atoms with Crippen LogP contribution >= 0.6 is 0 Å². The number of hydrogen-bond donors (Lipinski definition) is 2. The molecule has 1 fully saturated rings. The number of piperidine rings is 1. The average molecular weight is 422 g/mol. The molecule has 1 aromatic heterocycles. The van der Waals surface area contributed by atoms with Crippen LogP contribution in [0.4, 0.5) is 13.2 Å². The Morgan fingerprint density at radius 2 is 2.00 bits per heavy atom. The van der Waals surface area contributed by atoms with Crippen molar-refractivity contribution in [3.05, 3.63) is 47.8 Å². The summed E-state index contributed by atoms with van der Waals surface area (Å²) in [7, 11) is 0. The minimum atomic E-state index is -4.76. The fourth-order valence-electron chi connectivity index (χ4n) is 3.65. The van der Waals surface area contributed by atoms with E-state index in [9.17, 15) is 22.8 Å². The molecule has 0 saturated carbocycles. The number of Topliss-reactive ketones (excluding diaryl/α,β-unsaturated/α-hetero) is 1. The summed E-state index contributed by atoms with van der Waals surface area (Å²) in [5.74, 6) is -0.698. The summed E-state index contributed by atoms with van der Waals surface area (Å²) in [4.78, 5) is 24.7. The zero-order valence-electron chi connectivity index (χ0n) is 16.7. The van der Waals surface area contributed by atoms with Crippen LogP contribution in [0.3, 0.4) is 0 Å². The molecular weight excluding hydrogens is 397 g/mol. The predicted octanol–water partition coefficient (Wildman–Crippen LogP) is 3.36. The van der Waals surface area contributed by atoms with Gasteiger partial charge in [0.1, 0.15) is 5.78 Å². The number of alkyl halides is 3. The summed E-state index contributed by atoms with van der Waals surface area (Å²) in [6.45, 7) is 2.96. The van der Waals surface area contributed by atoms with E-state index in [1.807, 2.05) is 6.92 Å². The van der Waals surface area contributed by atoms with Gasteiger partial charge in [0.2, 0.25) is 0 Å². The summed E-state index contributed by atoms with van der Waals surface area (Å²) < 4.78 is 41.1. The van der Waals surface area contributed by atoms with Crippen LogP contribution in [-0.2, 0) is 11.0 Å². The molecule has 2 heterocycles. The fraction of sp³-hybridized carbons (Fsp3) is 0.476. The van der Waals surface area contributed by atoms with Crippen LogP contribution in [0.5, 0.6) is 0 Å². The van der Waals surface area contributed by atoms with Gasteiger partial charge in [-0.2, -0.15) is 18.3 Å². The van der Waals surface area contributed by atoms with Crippen LogP contribution in [0.15, 0.2) is 36.5 Å². The maximum atomic E-state index is 13.4. The minimum absolute atomic E-state index is 0.0119. The molecule has 1 amide bonds. The van der Waals surface area contributed by atoms with Crippen molar-refractivity contribution >= 4 is 11.7 Å². The molecule has 1 aromatic carbocycles. The van der Waals surface area contributed by atoms with Gasteiger partial charge in [-0.1, -0.05) is 18.2 Å². The number of para-hydroxylation sites is 1. The van der Waals surface area contributed by atoms with Crippen molar-refractivity contribution in [2.45, 2.75) is 44.8 Å². The molecule has 162 valence electrons. The number of rotatable bonds is 7. The monoisotopic (exact) mass is 422 g/mol. The number of aromatic nitrogens is 2. The van der Waals surface area contributed by atoms with Crippen molar-refractivity contribution in [2.24, 2.45) is 5.92 Å². The summed E-state index contributed by atoms with van der Waals surface area (Å²) in [5.41, 5.74) is -1.35. The van der Waals surface area contributed by atoms with Crippen molar-refractivity contribution in [3.8, 4) is 5.69 Å². The highest BCUT2D eigenvalue weighted by atomic mass is 19.4. The molecule has 2 atom stereocenters. The molecule has 2 N–H and O–H groups in total. The predicted molar refractivity (Wildman–Crippen MR) is 105 cm³/mol. The Kier molecular flexibility index (Phi) is 6.91. The summed E-state index contributed by atoms with van der Waals surface area (Å²) in [6.07, 6.45) is -1.41. The third-order valence-corrected chi connectivity index (χ3v) is 5.21. The first-order valence-electron chi connectivity index (χ1n) is 10.0. The van der Waals surface area contributed by atoms with Crippen molar-refractivity contribution in [2.75, 3.05) is 13.1 Å². The van der Waals surface area contributed by atoms with E-state index >= 15 is 0 Å². The van der Waals surface area contributed by atoms with Gasteiger partial charge in [0.15, 0.2) is 5.69 Å². The lowest BCUT2D eigenvalue weighted by atomic mass is 9.88. The van der Waals surface area contributed by atoms with Crippen molar-refractivity contribution < 1.29 is 22.8 Å². The number of ketones is 1. The number of halogens is 3. The van der Waals surface area contributed by atoms with Crippen LogP contribution in [0, 0.1) is 5.92 Å². The van der Waals surface area contributed by atoms with Gasteiger partial charge in [-0.3, -0.25) is 9.59 Å². The molecule has 1 saturated heterocycles. The molecule has 1 aliphatic heterocycles. The lowest BCUT2D eigenvalue weighted by molar-refractivity contribution is -0.141. The highest BCUT2D eigenvalue weighted by Gasteiger charge is 2.39. The lowest BCUT2D eigenvalue weighted by Crippen LogP contribution is -2.38. The Balaban J connectivity index is 1.59. The molecule has 1 aliphatic rings. The van der Waals surface area contributed by atoms with E-state index in [1.165, 1.54) is 0 Å². The Bertz CT molecular complexity index is 880. The third-order valence-electron chi connectivity index (χ3n) is 5.21. The number of amides is 1. The molecular formula is C21H25F3N4O2. The van der Waals surface area contributed by atoms with Crippen molar-refractivity contribution in [1.29, 1.82) is 0 Å². The minimum Gasteiger partial charge on any atom is -0.352 e. The molecule has 3 rings (SSSR count). The van der Waals surface area contributed by atoms with Gasteiger partial charge in [-0.05, 0) is 44.9 Å². The van der Waals surface area contributed by atoms with Crippen LogP contribution in [0.1, 0.15) is 48.7 Å². The fourth-order valence-corrected chi connectivity index (χ4v) is 3.65. The van der Waals surface area contributed by atoms with Crippen molar-refractivity contribution in [3.63, 3.8) is 0 Å². The number of nitrogens with one attached hydrogen (secondary N) is 2. The van der Waals surface area contributed by atoms with Gasteiger partial charge in [0, 0.05) is 31.1 Å². The van der Waals surface area contributed by atoms with Gasteiger partial charge in [-0.25, -0.2) is 4.68 Å². The molecule has 6 nitrogen and oxygen atoms in total. The first kappa shape index (κ1) is 22.0. The van der Waals surface area contributed by atoms with Crippen LogP contribution in [0.2, 0.25) is 0 Å². The topological polar surface area (TPSA) is 76.0 Å². The van der Waals surface area contributed by atoms with Crippen LogP contribution < -0.4 is 10.6 Å². The SMILES string of the molecule is CC1CC(C(=O)CCCNC(=O)c2cn(-c3ccccc3)nc2C(F)(F)F)CCN1. The normalized spacial score (nSPS) is 19.5. The second-order valence-corrected chi connectivity index (χ2v) is 7.57. The zero-order chi connectivity index (χ0) is 21.7. The molecule has 2 aromatic rings. The lowest BCUT2D eigenvalue weighted by Gasteiger charge is -2.26. The molecule has 9 heteroatoms. The quantitative estimate of drug-likeness (QED) is 0.671. The van der Waals surface area contributed by atoms with E-state index in [0.717, 1.165) is 30.3 Å². The van der Waals surface area contributed by atoms with Gasteiger partial charge < -0.3 is 10.6 Å². The third kappa shape index (κ3) is 5.47. The maximum Gasteiger partial charge on any atom is 0.435 e. The molecule has 0 radical (unpaired) electrons. The average Bonchev–Trinajstić information content (AvgIpc) is 3.18. The number of hydrogen-bond acceptors (Lipinski definition) is 4. The number of carbonyl (C=O) groups excluding carboxylic acids is 2. The van der Waals surface area contributed by atoms with Crippen molar-refractivity contribution in [1.82, 2.24) is 20.4 Å². The molecule has 2 unspecified atom stereocenters. The number of benzene rings is 1. The summed E-state index contributed by atoms with van der Waals surface area (Å²) >= 11 is 0. The van der Waals surface area contributed by atoms with E-state index in [-0.39, 0.29) is 18.2 Å². The standard InChI is InChI=1S/C21H25F3N4O2/c1-14-12-15(9-11-25-14)18(29)8-5-10-26-20(30)17-13-28(16-6-3-2-4-7-16)27-19(17)21(22,23)24/h2-4,6-7,13-15,25H,5,8-12H2,1H3,(H,26,30). The summed E-state index contributed by atoms with van der Waals surface area (Å²) in [6, 6.07) is 8.57. The van der Waals surface area contributed by atoms with E-state index in [0.29, 0.717) is 24.6 Å². The van der Waals surface area contributed by atoms with Crippen LogP contribution in [-0.4, -0.2) is 40.6 Å². The maximum absolute atomic E-state index is 13.4. The molecule has 30 heavy (non-hydrogen) atoms. The Labute approximate surface area is 172 Å². The van der Waals surface area contributed by atoms with Gasteiger partial charge in [0.05, 0.1) is 11.3 Å². The second kappa shape index (κ2) is 9.42. The van der Waals surface area contributed by atoms with Gasteiger partial charge >= 0.3 is 6.18 Å².